The largest absolute Gasteiger partial charge is 0.492 e. The van der Waals surface area contributed by atoms with Gasteiger partial charge in [0.15, 0.2) is 12.0 Å². The molecule has 0 aliphatic carbocycles. The number of aromatic nitrogens is 2. The molecule has 11 heteroatoms. The molecule has 0 bridgehead atoms. The Morgan fingerprint density at radius 3 is 2.56 bits per heavy atom. The molecular formula is C34H33F4N3O3S. The number of fused-ring (bicyclic) bond motifs is 3. The average Bonchev–Trinajstić information content (AvgIpc) is 3.61. The summed E-state index contributed by atoms with van der Waals surface area (Å²) in [4.78, 5) is 2.62. The van der Waals surface area contributed by atoms with E-state index in [0.29, 0.717) is 35.3 Å². The molecule has 4 heterocycles. The summed E-state index contributed by atoms with van der Waals surface area (Å²) >= 11 is 1.32. The molecule has 3 aromatic carbocycles. The van der Waals surface area contributed by atoms with Crippen LogP contribution < -0.4 is 9.47 Å². The third kappa shape index (κ3) is 6.01. The highest BCUT2D eigenvalue weighted by atomic mass is 32.1. The van der Waals surface area contributed by atoms with E-state index in [0.717, 1.165) is 72.9 Å². The Kier molecular flexibility index (Phi) is 8.18. The normalized spacial score (nSPS) is 18.0. The number of thiophene rings is 1. The number of ether oxygens (including phenoxy) is 3. The van der Waals surface area contributed by atoms with Gasteiger partial charge in [-0.05, 0) is 67.8 Å². The molecule has 7 rings (SSSR count). The van der Waals surface area contributed by atoms with Gasteiger partial charge in [0.05, 0.1) is 23.3 Å². The third-order valence-electron chi connectivity index (χ3n) is 8.48. The number of likely N-dealkylation sites (tertiary alicyclic amines) is 1. The summed E-state index contributed by atoms with van der Waals surface area (Å²) in [5.41, 5.74) is 0.677. The molecule has 2 aliphatic rings. The van der Waals surface area contributed by atoms with Crippen LogP contribution in [-0.2, 0) is 10.7 Å². The van der Waals surface area contributed by atoms with Crippen molar-refractivity contribution in [3.8, 4) is 27.7 Å². The van der Waals surface area contributed by atoms with E-state index in [1.54, 1.807) is 30.5 Å². The molecule has 5 aromatic rings. The van der Waals surface area contributed by atoms with Gasteiger partial charge >= 0.3 is 0 Å². The van der Waals surface area contributed by atoms with Crippen molar-refractivity contribution in [3.05, 3.63) is 72.2 Å². The van der Waals surface area contributed by atoms with E-state index in [4.69, 9.17) is 14.2 Å². The highest BCUT2D eigenvalue weighted by molar-refractivity contribution is 7.23. The Morgan fingerprint density at radius 1 is 1.02 bits per heavy atom. The number of rotatable bonds is 10. The standard InChI is InChI=1S/C34H33F4N3O3S/c1-34(37,38)28-16-22(36)5-10-25(28)33-31(44-24-8-6-23(7-9-24)42-15-13-40-19-21(17-35)20-40)26-11-12-29-27(32(26)45-33)18-39-41(29)30-4-2-3-14-43-30/h5-12,16,18,21,30H,2-4,13-15,17,19-20H2,1H3. The van der Waals surface area contributed by atoms with Crippen LogP contribution in [0.1, 0.15) is 38.0 Å². The van der Waals surface area contributed by atoms with Gasteiger partial charge in [0.2, 0.25) is 0 Å². The van der Waals surface area contributed by atoms with Crippen LogP contribution in [0.15, 0.2) is 60.8 Å². The van der Waals surface area contributed by atoms with Crippen LogP contribution in [0.5, 0.6) is 17.2 Å². The second-order valence-corrected chi connectivity index (χ2v) is 12.8. The SMILES string of the molecule is CC(F)(F)c1cc(F)ccc1-c1sc2c(ccc3c2cnn3C2CCCCO2)c1Oc1ccc(OCCN2CC(CF)C2)cc1. The Morgan fingerprint density at radius 2 is 1.82 bits per heavy atom. The van der Waals surface area contributed by atoms with Gasteiger partial charge in [0.1, 0.15) is 23.9 Å². The molecule has 0 radical (unpaired) electrons. The minimum Gasteiger partial charge on any atom is -0.492 e. The molecule has 2 aliphatic heterocycles. The Hall–Kier alpha value is -3.67. The molecule has 0 spiro atoms. The fourth-order valence-electron chi connectivity index (χ4n) is 6.13. The van der Waals surface area contributed by atoms with E-state index >= 15 is 0 Å². The maximum atomic E-state index is 14.9. The minimum atomic E-state index is -3.29. The number of hydrogen-bond acceptors (Lipinski definition) is 6. The van der Waals surface area contributed by atoms with Gasteiger partial charge < -0.3 is 14.2 Å². The summed E-state index contributed by atoms with van der Waals surface area (Å²) in [5.74, 6) is -2.33. The van der Waals surface area contributed by atoms with Gasteiger partial charge in [-0.2, -0.15) is 5.10 Å². The van der Waals surface area contributed by atoms with Gasteiger partial charge in [-0.15, -0.1) is 11.3 Å². The summed E-state index contributed by atoms with van der Waals surface area (Å²) in [5, 5.41) is 6.25. The molecular weight excluding hydrogens is 606 g/mol. The van der Waals surface area contributed by atoms with Crippen LogP contribution in [0.2, 0.25) is 0 Å². The van der Waals surface area contributed by atoms with Crippen molar-refractivity contribution >= 4 is 32.3 Å². The highest BCUT2D eigenvalue weighted by Gasteiger charge is 2.32. The van der Waals surface area contributed by atoms with Gasteiger partial charge in [0.25, 0.3) is 5.92 Å². The number of halogens is 4. The molecule has 1 atom stereocenters. The first kappa shape index (κ1) is 30.0. The lowest BCUT2D eigenvalue weighted by atomic mass is 10.00. The van der Waals surface area contributed by atoms with E-state index in [1.807, 2.05) is 16.8 Å². The topological polar surface area (TPSA) is 48.8 Å². The predicted molar refractivity (Wildman–Crippen MR) is 167 cm³/mol. The van der Waals surface area contributed by atoms with Crippen molar-refractivity contribution in [3.63, 3.8) is 0 Å². The quantitative estimate of drug-likeness (QED) is 0.143. The van der Waals surface area contributed by atoms with Crippen LogP contribution >= 0.6 is 11.3 Å². The lowest BCUT2D eigenvalue weighted by molar-refractivity contribution is -0.0366. The minimum absolute atomic E-state index is 0.132. The van der Waals surface area contributed by atoms with Crippen LogP contribution in [-0.4, -0.2) is 54.2 Å². The highest BCUT2D eigenvalue weighted by Crippen LogP contribution is 2.51. The van der Waals surface area contributed by atoms with E-state index in [9.17, 15) is 17.6 Å². The van der Waals surface area contributed by atoms with Gasteiger partial charge in [-0.25, -0.2) is 17.9 Å². The first-order chi connectivity index (χ1) is 21.8. The Bertz CT molecular complexity index is 1810. The van der Waals surface area contributed by atoms with Crippen molar-refractivity contribution in [2.45, 2.75) is 38.3 Å². The van der Waals surface area contributed by atoms with Crippen molar-refractivity contribution < 1.29 is 31.8 Å². The Balaban J connectivity index is 1.24. The molecule has 2 aromatic heterocycles. The fourth-order valence-corrected chi connectivity index (χ4v) is 7.40. The van der Waals surface area contributed by atoms with Crippen molar-refractivity contribution in [2.24, 2.45) is 5.92 Å². The second kappa shape index (κ2) is 12.3. The lowest BCUT2D eigenvalue weighted by Crippen LogP contribution is -2.49. The third-order valence-corrected chi connectivity index (χ3v) is 9.74. The fraction of sp³-hybridized carbons (Fsp3) is 0.382. The first-order valence-corrected chi connectivity index (χ1v) is 16.0. The van der Waals surface area contributed by atoms with E-state index in [2.05, 4.69) is 10.00 Å². The summed E-state index contributed by atoms with van der Waals surface area (Å²) in [6, 6.07) is 14.5. The zero-order chi connectivity index (χ0) is 31.1. The molecule has 236 valence electrons. The Labute approximate surface area is 262 Å². The van der Waals surface area contributed by atoms with Crippen LogP contribution in [0.3, 0.4) is 0 Å². The lowest BCUT2D eigenvalue weighted by Gasteiger charge is -2.37. The summed E-state index contributed by atoms with van der Waals surface area (Å²) in [6.45, 7) is 3.87. The zero-order valence-electron chi connectivity index (χ0n) is 24.8. The second-order valence-electron chi connectivity index (χ2n) is 11.8. The van der Waals surface area contributed by atoms with Crippen LogP contribution in [0, 0.1) is 11.7 Å². The molecule has 0 saturated carbocycles. The van der Waals surface area contributed by atoms with E-state index in [1.165, 1.54) is 23.5 Å². The van der Waals surface area contributed by atoms with Gasteiger partial charge in [-0.3, -0.25) is 9.29 Å². The summed E-state index contributed by atoms with van der Waals surface area (Å²) < 4.78 is 77.7. The molecule has 1 unspecified atom stereocenters. The van der Waals surface area contributed by atoms with Crippen LogP contribution in [0.25, 0.3) is 31.4 Å². The molecule has 2 saturated heterocycles. The maximum Gasteiger partial charge on any atom is 0.271 e. The van der Waals surface area contributed by atoms with E-state index < -0.39 is 17.3 Å². The monoisotopic (exact) mass is 639 g/mol. The summed E-state index contributed by atoms with van der Waals surface area (Å²) in [7, 11) is 0. The van der Waals surface area contributed by atoms with Crippen molar-refractivity contribution in [2.75, 3.05) is 39.5 Å². The van der Waals surface area contributed by atoms with E-state index in [-0.39, 0.29) is 24.4 Å². The molecule has 0 N–H and O–H groups in total. The molecule has 0 amide bonds. The average molecular weight is 640 g/mol. The smallest absolute Gasteiger partial charge is 0.271 e. The van der Waals surface area contributed by atoms with Crippen molar-refractivity contribution in [1.29, 1.82) is 0 Å². The van der Waals surface area contributed by atoms with Crippen LogP contribution in [0.4, 0.5) is 17.6 Å². The maximum absolute atomic E-state index is 14.9. The predicted octanol–water partition coefficient (Wildman–Crippen LogP) is 8.94. The number of hydrogen-bond donors (Lipinski definition) is 0. The van der Waals surface area contributed by atoms with Crippen molar-refractivity contribution in [1.82, 2.24) is 14.7 Å². The van der Waals surface area contributed by atoms with Gasteiger partial charge in [0, 0.05) is 65.7 Å². The molecule has 6 nitrogen and oxygen atoms in total. The molecule has 2 fully saturated rings. The first-order valence-electron chi connectivity index (χ1n) is 15.2. The summed E-state index contributed by atoms with van der Waals surface area (Å²) in [6.07, 6.45) is 4.55. The number of nitrogens with zero attached hydrogens (tertiary/aromatic N) is 3. The van der Waals surface area contributed by atoms with Gasteiger partial charge in [-0.1, -0.05) is 6.07 Å². The zero-order valence-corrected chi connectivity index (χ0v) is 25.6. The number of alkyl halides is 3. The number of benzene rings is 3. The molecule has 45 heavy (non-hydrogen) atoms.